The largest absolute Gasteiger partial charge is 0.481 e. The Labute approximate surface area is 143 Å². The second kappa shape index (κ2) is 9.42. The lowest BCUT2D eigenvalue weighted by Gasteiger charge is -2.32. The van der Waals surface area contributed by atoms with E-state index in [-0.39, 0.29) is 18.2 Å². The summed E-state index contributed by atoms with van der Waals surface area (Å²) in [5.74, 6) is -0.401. The standard InChI is InChI=1S/C19H27NO4/c1-15(17-9-12-24-13-10-17)19(23)20(11-5-8-18(21)22)14-16-6-3-2-4-7-16/h2-4,6-7,15,17H,5,8-14H2,1H3,(H,21,22). The third-order valence-corrected chi connectivity index (χ3v) is 4.71. The molecule has 1 aliphatic heterocycles. The molecule has 0 bridgehead atoms. The Bertz CT molecular complexity index is 525. The van der Waals surface area contributed by atoms with Crippen molar-refractivity contribution in [3.8, 4) is 0 Å². The van der Waals surface area contributed by atoms with Gasteiger partial charge in [-0.2, -0.15) is 0 Å². The molecule has 1 unspecified atom stereocenters. The Balaban J connectivity index is 2.01. The van der Waals surface area contributed by atoms with Gasteiger partial charge >= 0.3 is 5.97 Å². The Hall–Kier alpha value is -1.88. The number of aliphatic carboxylic acids is 1. The van der Waals surface area contributed by atoms with E-state index in [1.807, 2.05) is 42.2 Å². The first kappa shape index (κ1) is 18.5. The molecule has 5 nitrogen and oxygen atoms in total. The van der Waals surface area contributed by atoms with Crippen molar-refractivity contribution in [2.75, 3.05) is 19.8 Å². The molecule has 0 aromatic heterocycles. The topological polar surface area (TPSA) is 66.8 Å². The van der Waals surface area contributed by atoms with Crippen molar-refractivity contribution >= 4 is 11.9 Å². The first-order chi connectivity index (χ1) is 11.6. The molecule has 0 spiro atoms. The van der Waals surface area contributed by atoms with Gasteiger partial charge in [0.15, 0.2) is 0 Å². The minimum atomic E-state index is -0.820. The van der Waals surface area contributed by atoms with Crippen molar-refractivity contribution in [3.05, 3.63) is 35.9 Å². The molecule has 5 heteroatoms. The number of carboxylic acids is 1. The molecule has 132 valence electrons. The number of hydrogen-bond donors (Lipinski definition) is 1. The van der Waals surface area contributed by atoms with E-state index >= 15 is 0 Å². The summed E-state index contributed by atoms with van der Waals surface area (Å²) in [6.45, 7) is 4.45. The van der Waals surface area contributed by atoms with E-state index in [4.69, 9.17) is 9.84 Å². The maximum atomic E-state index is 13.0. The molecule has 1 aromatic carbocycles. The zero-order valence-electron chi connectivity index (χ0n) is 14.3. The van der Waals surface area contributed by atoms with Crippen LogP contribution in [-0.4, -0.2) is 41.6 Å². The minimum absolute atomic E-state index is 0.0533. The van der Waals surface area contributed by atoms with E-state index in [1.54, 1.807) is 0 Å². The monoisotopic (exact) mass is 333 g/mol. The van der Waals surface area contributed by atoms with Gasteiger partial charge in [-0.15, -0.1) is 0 Å². The van der Waals surface area contributed by atoms with Gasteiger partial charge in [-0.1, -0.05) is 37.3 Å². The predicted octanol–water partition coefficient (Wildman–Crippen LogP) is 2.94. The third-order valence-electron chi connectivity index (χ3n) is 4.71. The fourth-order valence-corrected chi connectivity index (χ4v) is 3.20. The number of hydrogen-bond acceptors (Lipinski definition) is 3. The van der Waals surface area contributed by atoms with Crippen LogP contribution < -0.4 is 0 Å². The van der Waals surface area contributed by atoms with Crippen molar-refractivity contribution in [1.29, 1.82) is 0 Å². The number of benzene rings is 1. The molecule has 1 saturated heterocycles. The van der Waals surface area contributed by atoms with Crippen LogP contribution in [0.3, 0.4) is 0 Å². The molecule has 1 N–H and O–H groups in total. The van der Waals surface area contributed by atoms with Crippen molar-refractivity contribution in [1.82, 2.24) is 4.90 Å². The minimum Gasteiger partial charge on any atom is -0.481 e. The lowest BCUT2D eigenvalue weighted by molar-refractivity contribution is -0.140. The van der Waals surface area contributed by atoms with Crippen LogP contribution in [0, 0.1) is 11.8 Å². The van der Waals surface area contributed by atoms with E-state index in [1.165, 1.54) is 0 Å². The number of ether oxygens (including phenoxy) is 1. The molecule has 2 rings (SSSR count). The van der Waals surface area contributed by atoms with Gasteiger partial charge in [0.25, 0.3) is 0 Å². The fraction of sp³-hybridized carbons (Fsp3) is 0.579. The van der Waals surface area contributed by atoms with Gasteiger partial charge < -0.3 is 14.7 Å². The van der Waals surface area contributed by atoms with Crippen LogP contribution in [0.1, 0.15) is 38.2 Å². The molecular weight excluding hydrogens is 306 g/mol. The summed E-state index contributed by atoms with van der Waals surface area (Å²) in [4.78, 5) is 25.6. The fourth-order valence-electron chi connectivity index (χ4n) is 3.20. The highest BCUT2D eigenvalue weighted by molar-refractivity contribution is 5.79. The number of amides is 1. The third kappa shape index (κ3) is 5.64. The second-order valence-electron chi connectivity index (χ2n) is 6.48. The molecule has 1 fully saturated rings. The van der Waals surface area contributed by atoms with Crippen molar-refractivity contribution in [2.24, 2.45) is 11.8 Å². The van der Waals surface area contributed by atoms with Crippen LogP contribution >= 0.6 is 0 Å². The molecular formula is C19H27NO4. The molecule has 1 amide bonds. The SMILES string of the molecule is CC(C(=O)N(CCCC(=O)O)Cc1ccccc1)C1CCOCC1. The van der Waals surface area contributed by atoms with Gasteiger partial charge in [0.2, 0.25) is 5.91 Å². The zero-order chi connectivity index (χ0) is 17.4. The normalized spacial score (nSPS) is 16.5. The van der Waals surface area contributed by atoms with E-state index in [0.717, 1.165) is 31.6 Å². The molecule has 0 aliphatic carbocycles. The Morgan fingerprint density at radius 2 is 1.92 bits per heavy atom. The van der Waals surface area contributed by atoms with E-state index in [2.05, 4.69) is 0 Å². The Morgan fingerprint density at radius 1 is 1.25 bits per heavy atom. The number of nitrogens with zero attached hydrogens (tertiary/aromatic N) is 1. The molecule has 1 aliphatic rings. The summed E-state index contributed by atoms with van der Waals surface area (Å²) in [6.07, 6.45) is 2.40. The molecule has 1 atom stereocenters. The maximum absolute atomic E-state index is 13.0. The molecule has 1 heterocycles. The van der Waals surface area contributed by atoms with Gasteiger partial charge in [0, 0.05) is 38.6 Å². The maximum Gasteiger partial charge on any atom is 0.303 e. The van der Waals surface area contributed by atoms with E-state index in [0.29, 0.717) is 25.4 Å². The summed E-state index contributed by atoms with van der Waals surface area (Å²) >= 11 is 0. The lowest BCUT2D eigenvalue weighted by Crippen LogP contribution is -2.39. The van der Waals surface area contributed by atoms with E-state index in [9.17, 15) is 9.59 Å². The van der Waals surface area contributed by atoms with E-state index < -0.39 is 5.97 Å². The summed E-state index contributed by atoms with van der Waals surface area (Å²) in [7, 11) is 0. The van der Waals surface area contributed by atoms with Crippen LogP contribution in [-0.2, 0) is 20.9 Å². The number of carboxylic acid groups (broad SMARTS) is 1. The van der Waals surface area contributed by atoms with Crippen molar-refractivity contribution < 1.29 is 19.4 Å². The summed E-state index contributed by atoms with van der Waals surface area (Å²) < 4.78 is 5.39. The Kier molecular flexibility index (Phi) is 7.25. The lowest BCUT2D eigenvalue weighted by atomic mass is 9.86. The number of rotatable bonds is 8. The number of carbonyl (C=O) groups excluding carboxylic acids is 1. The summed E-state index contributed by atoms with van der Waals surface area (Å²) in [5.41, 5.74) is 1.07. The van der Waals surface area contributed by atoms with Crippen LogP contribution in [0.25, 0.3) is 0 Å². The summed E-state index contributed by atoms with van der Waals surface area (Å²) in [5, 5.41) is 8.85. The number of carbonyl (C=O) groups is 2. The average molecular weight is 333 g/mol. The van der Waals surface area contributed by atoms with Gasteiger partial charge in [-0.25, -0.2) is 0 Å². The van der Waals surface area contributed by atoms with Crippen LogP contribution in [0.15, 0.2) is 30.3 Å². The highest BCUT2D eigenvalue weighted by Crippen LogP contribution is 2.26. The van der Waals surface area contributed by atoms with Gasteiger partial charge in [0.05, 0.1) is 0 Å². The highest BCUT2D eigenvalue weighted by Gasteiger charge is 2.29. The van der Waals surface area contributed by atoms with Crippen molar-refractivity contribution in [3.63, 3.8) is 0 Å². The first-order valence-electron chi connectivity index (χ1n) is 8.70. The smallest absolute Gasteiger partial charge is 0.303 e. The predicted molar refractivity (Wildman–Crippen MR) is 91.4 cm³/mol. The zero-order valence-corrected chi connectivity index (χ0v) is 14.3. The average Bonchev–Trinajstić information content (AvgIpc) is 2.61. The first-order valence-corrected chi connectivity index (χ1v) is 8.70. The Morgan fingerprint density at radius 3 is 2.54 bits per heavy atom. The molecule has 24 heavy (non-hydrogen) atoms. The van der Waals surface area contributed by atoms with Gasteiger partial charge in [-0.05, 0) is 30.7 Å². The quantitative estimate of drug-likeness (QED) is 0.794. The molecule has 0 saturated carbocycles. The van der Waals surface area contributed by atoms with Crippen LogP contribution in [0.5, 0.6) is 0 Å². The highest BCUT2D eigenvalue weighted by atomic mass is 16.5. The van der Waals surface area contributed by atoms with Crippen LogP contribution in [0.4, 0.5) is 0 Å². The second-order valence-corrected chi connectivity index (χ2v) is 6.48. The van der Waals surface area contributed by atoms with Gasteiger partial charge in [-0.3, -0.25) is 9.59 Å². The van der Waals surface area contributed by atoms with Crippen LogP contribution in [0.2, 0.25) is 0 Å². The summed E-state index contributed by atoms with van der Waals surface area (Å²) in [6, 6.07) is 9.85. The molecule has 1 aromatic rings. The van der Waals surface area contributed by atoms with Gasteiger partial charge in [0.1, 0.15) is 0 Å². The van der Waals surface area contributed by atoms with Crippen molar-refractivity contribution in [2.45, 2.75) is 39.2 Å². The molecule has 0 radical (unpaired) electrons.